The Bertz CT molecular complexity index is 1040. The molecule has 3 aromatic rings. The third kappa shape index (κ3) is 5.81. The summed E-state index contributed by atoms with van der Waals surface area (Å²) in [5, 5.41) is 14.7. The van der Waals surface area contributed by atoms with Crippen molar-refractivity contribution in [1.82, 2.24) is 15.3 Å². The van der Waals surface area contributed by atoms with Crippen LogP contribution in [0.15, 0.2) is 54.9 Å². The van der Waals surface area contributed by atoms with Crippen molar-refractivity contribution in [1.29, 1.82) is 0 Å². The summed E-state index contributed by atoms with van der Waals surface area (Å²) in [7, 11) is 0. The van der Waals surface area contributed by atoms with Gasteiger partial charge in [-0.15, -0.1) is 0 Å². The van der Waals surface area contributed by atoms with Crippen molar-refractivity contribution in [3.8, 4) is 11.5 Å². The highest BCUT2D eigenvalue weighted by Gasteiger charge is 2.08. The summed E-state index contributed by atoms with van der Waals surface area (Å²) in [6.45, 7) is 0.260. The van der Waals surface area contributed by atoms with Crippen LogP contribution in [0.1, 0.15) is 16.1 Å². The second-order valence-corrected chi connectivity index (χ2v) is 6.52. The second kappa shape index (κ2) is 9.22. The molecule has 0 fully saturated rings. The lowest BCUT2D eigenvalue weighted by Gasteiger charge is -2.10. The first-order valence-corrected chi connectivity index (χ1v) is 8.98. The number of ether oxygens (including phenoxy) is 1. The third-order valence-corrected chi connectivity index (χ3v) is 4.12. The van der Waals surface area contributed by atoms with E-state index in [0.29, 0.717) is 22.2 Å². The van der Waals surface area contributed by atoms with Gasteiger partial charge in [0.25, 0.3) is 0 Å². The minimum absolute atomic E-state index is 0.107. The minimum Gasteiger partial charge on any atom is -0.477 e. The molecular formula is C19H14Cl2N4O4. The first kappa shape index (κ1) is 20.4. The van der Waals surface area contributed by atoms with E-state index in [1.54, 1.807) is 30.3 Å². The Morgan fingerprint density at radius 2 is 1.79 bits per heavy atom. The van der Waals surface area contributed by atoms with Crippen LogP contribution in [0.25, 0.3) is 0 Å². The van der Waals surface area contributed by atoms with Crippen LogP contribution < -0.4 is 15.4 Å². The minimum atomic E-state index is -1.13. The molecule has 10 heteroatoms. The standard InChI is InChI=1S/C19H14Cl2N4O4/c20-12-7-15(17(21)23-10-12)25-19(28)24-9-11-1-3-13(4-2-11)29-14-5-6-22-16(8-14)18(26)27/h1-8,10H,9H2,(H,26,27)(H2,24,25,28). The van der Waals surface area contributed by atoms with E-state index in [0.717, 1.165) is 5.56 Å². The molecular weight excluding hydrogens is 419 g/mol. The fourth-order valence-electron chi connectivity index (χ4n) is 2.26. The number of nitrogens with one attached hydrogen (secondary N) is 2. The molecule has 0 aliphatic heterocycles. The van der Waals surface area contributed by atoms with Gasteiger partial charge in [-0.3, -0.25) is 0 Å². The van der Waals surface area contributed by atoms with Crippen molar-refractivity contribution >= 4 is 40.9 Å². The number of aromatic nitrogens is 2. The van der Waals surface area contributed by atoms with Crippen LogP contribution in [0, 0.1) is 0 Å². The quantitative estimate of drug-likeness (QED) is 0.490. The molecule has 3 rings (SSSR count). The lowest BCUT2D eigenvalue weighted by atomic mass is 10.2. The lowest BCUT2D eigenvalue weighted by molar-refractivity contribution is 0.0690. The Morgan fingerprint density at radius 3 is 2.52 bits per heavy atom. The van der Waals surface area contributed by atoms with E-state index in [2.05, 4.69) is 20.6 Å². The van der Waals surface area contributed by atoms with Gasteiger partial charge in [0.1, 0.15) is 11.5 Å². The van der Waals surface area contributed by atoms with Crippen molar-refractivity contribution in [2.45, 2.75) is 6.54 Å². The van der Waals surface area contributed by atoms with Gasteiger partial charge in [-0.05, 0) is 29.8 Å². The Morgan fingerprint density at radius 1 is 1.03 bits per heavy atom. The molecule has 2 amide bonds. The SMILES string of the molecule is O=C(NCc1ccc(Oc2ccnc(C(=O)O)c2)cc1)Nc1cc(Cl)cnc1Cl. The zero-order chi connectivity index (χ0) is 20.8. The van der Waals surface area contributed by atoms with Gasteiger partial charge in [0.15, 0.2) is 10.8 Å². The van der Waals surface area contributed by atoms with Crippen molar-refractivity contribution in [2.75, 3.05) is 5.32 Å². The van der Waals surface area contributed by atoms with Crippen LogP contribution in [-0.4, -0.2) is 27.1 Å². The summed E-state index contributed by atoms with van der Waals surface area (Å²) in [5.74, 6) is -0.267. The van der Waals surface area contributed by atoms with Crippen molar-refractivity contribution in [3.63, 3.8) is 0 Å². The van der Waals surface area contributed by atoms with Gasteiger partial charge < -0.3 is 20.5 Å². The maximum Gasteiger partial charge on any atom is 0.354 e. The number of amides is 2. The first-order valence-electron chi connectivity index (χ1n) is 8.23. The van der Waals surface area contributed by atoms with Gasteiger partial charge in [-0.1, -0.05) is 35.3 Å². The average Bonchev–Trinajstić information content (AvgIpc) is 2.70. The summed E-state index contributed by atoms with van der Waals surface area (Å²) in [6, 6.07) is 10.9. The number of halogens is 2. The van der Waals surface area contributed by atoms with Gasteiger partial charge in [0.2, 0.25) is 0 Å². The molecule has 0 radical (unpaired) electrons. The Kier molecular flexibility index (Phi) is 6.48. The number of pyridine rings is 2. The molecule has 0 saturated carbocycles. The number of carboxylic acids is 1. The molecule has 2 aromatic heterocycles. The molecule has 0 saturated heterocycles. The zero-order valence-electron chi connectivity index (χ0n) is 14.7. The molecule has 0 bridgehead atoms. The molecule has 0 atom stereocenters. The number of carbonyl (C=O) groups is 2. The van der Waals surface area contributed by atoms with Crippen LogP contribution in [0.5, 0.6) is 11.5 Å². The summed E-state index contributed by atoms with van der Waals surface area (Å²) in [4.78, 5) is 30.5. The van der Waals surface area contributed by atoms with Gasteiger partial charge >= 0.3 is 12.0 Å². The van der Waals surface area contributed by atoms with Crippen LogP contribution in [-0.2, 0) is 6.54 Å². The Hall–Kier alpha value is -3.36. The van der Waals surface area contributed by atoms with Gasteiger partial charge in [-0.25, -0.2) is 19.6 Å². The van der Waals surface area contributed by atoms with Crippen LogP contribution in [0.3, 0.4) is 0 Å². The topological polar surface area (TPSA) is 113 Å². The number of rotatable bonds is 6. The summed E-state index contributed by atoms with van der Waals surface area (Å²) in [5.41, 5.74) is 1.02. The summed E-state index contributed by atoms with van der Waals surface area (Å²) < 4.78 is 5.62. The third-order valence-electron chi connectivity index (χ3n) is 3.62. The summed E-state index contributed by atoms with van der Waals surface area (Å²) >= 11 is 11.7. The number of carbonyl (C=O) groups excluding carboxylic acids is 1. The number of nitrogens with zero attached hydrogens (tertiary/aromatic N) is 2. The molecule has 0 aliphatic carbocycles. The van der Waals surface area contributed by atoms with Gasteiger partial charge in [0.05, 0.1) is 10.7 Å². The largest absolute Gasteiger partial charge is 0.477 e. The molecule has 0 unspecified atom stereocenters. The molecule has 1 aromatic carbocycles. The molecule has 148 valence electrons. The monoisotopic (exact) mass is 432 g/mol. The number of benzene rings is 1. The van der Waals surface area contributed by atoms with Crippen LogP contribution in [0.4, 0.5) is 10.5 Å². The van der Waals surface area contributed by atoms with E-state index in [-0.39, 0.29) is 17.4 Å². The lowest BCUT2D eigenvalue weighted by Crippen LogP contribution is -2.28. The van der Waals surface area contributed by atoms with Crippen molar-refractivity contribution in [2.24, 2.45) is 0 Å². The molecule has 0 aliphatic rings. The number of aromatic carboxylic acids is 1. The van der Waals surface area contributed by atoms with E-state index < -0.39 is 12.0 Å². The number of anilines is 1. The zero-order valence-corrected chi connectivity index (χ0v) is 16.2. The van der Waals surface area contributed by atoms with Gasteiger partial charge in [-0.2, -0.15) is 0 Å². The maximum atomic E-state index is 12.0. The average molecular weight is 433 g/mol. The van der Waals surface area contributed by atoms with E-state index in [9.17, 15) is 9.59 Å². The molecule has 0 spiro atoms. The second-order valence-electron chi connectivity index (χ2n) is 5.73. The number of carboxylic acid groups (broad SMARTS) is 1. The van der Waals surface area contributed by atoms with Gasteiger partial charge in [0, 0.05) is 25.0 Å². The number of hydrogen-bond acceptors (Lipinski definition) is 5. The maximum absolute atomic E-state index is 12.0. The van der Waals surface area contributed by atoms with Crippen molar-refractivity contribution < 1.29 is 19.4 Å². The predicted molar refractivity (Wildman–Crippen MR) is 108 cm³/mol. The summed E-state index contributed by atoms with van der Waals surface area (Å²) in [6.07, 6.45) is 2.74. The Labute approximate surface area is 175 Å². The number of hydrogen-bond donors (Lipinski definition) is 3. The van der Waals surface area contributed by atoms with E-state index in [1.165, 1.54) is 24.5 Å². The highest BCUT2D eigenvalue weighted by Crippen LogP contribution is 2.23. The smallest absolute Gasteiger partial charge is 0.354 e. The van der Waals surface area contributed by atoms with E-state index in [4.69, 9.17) is 33.0 Å². The highest BCUT2D eigenvalue weighted by atomic mass is 35.5. The molecule has 29 heavy (non-hydrogen) atoms. The van der Waals surface area contributed by atoms with Crippen LogP contribution >= 0.6 is 23.2 Å². The fraction of sp³-hybridized carbons (Fsp3) is 0.0526. The molecule has 3 N–H and O–H groups in total. The Balaban J connectivity index is 1.55. The number of urea groups is 1. The van der Waals surface area contributed by atoms with Crippen molar-refractivity contribution in [3.05, 3.63) is 76.3 Å². The molecule has 8 nitrogen and oxygen atoms in total. The highest BCUT2D eigenvalue weighted by molar-refractivity contribution is 6.34. The normalized spacial score (nSPS) is 10.3. The van der Waals surface area contributed by atoms with E-state index in [1.807, 2.05) is 0 Å². The molecule has 2 heterocycles. The fourth-order valence-corrected chi connectivity index (χ4v) is 2.57. The van der Waals surface area contributed by atoms with Crippen LogP contribution in [0.2, 0.25) is 10.2 Å². The first-order chi connectivity index (χ1) is 13.9. The van der Waals surface area contributed by atoms with E-state index >= 15 is 0 Å². The predicted octanol–water partition coefficient (Wildman–Crippen LogP) is 4.60.